The number of hydrogen-bond acceptors (Lipinski definition) is 2. The molecule has 2 nitrogen and oxygen atoms in total. The van der Waals surface area contributed by atoms with Crippen molar-refractivity contribution in [2.45, 2.75) is 13.1 Å². The molecule has 12 heavy (non-hydrogen) atoms. The van der Waals surface area contributed by atoms with Crippen LogP contribution in [0.5, 0.6) is 0 Å². The lowest BCUT2D eigenvalue weighted by atomic mass is 10.3. The van der Waals surface area contributed by atoms with Crippen LogP contribution in [0, 0.1) is 6.92 Å². The van der Waals surface area contributed by atoms with E-state index in [2.05, 4.69) is 25.9 Å². The molecule has 1 aromatic rings. The van der Waals surface area contributed by atoms with Gasteiger partial charge in [0.2, 0.25) is 0 Å². The Kier molecular flexibility index (Phi) is 2.36. The molecular formula is C6H4BrF3N2. The summed E-state index contributed by atoms with van der Waals surface area (Å²) in [5, 5.41) is 0. The van der Waals surface area contributed by atoms with Crippen LogP contribution < -0.4 is 0 Å². The molecule has 0 bridgehead atoms. The number of rotatable bonds is 0. The summed E-state index contributed by atoms with van der Waals surface area (Å²) in [5.74, 6) is 0. The Labute approximate surface area is 75.0 Å². The van der Waals surface area contributed by atoms with Crippen molar-refractivity contribution < 1.29 is 13.2 Å². The minimum Gasteiger partial charge on any atom is -0.228 e. The van der Waals surface area contributed by atoms with Gasteiger partial charge in [0.25, 0.3) is 0 Å². The molecule has 0 N–H and O–H groups in total. The first-order valence-corrected chi connectivity index (χ1v) is 3.77. The van der Waals surface area contributed by atoms with Crippen molar-refractivity contribution in [1.29, 1.82) is 0 Å². The zero-order valence-electron chi connectivity index (χ0n) is 5.98. The van der Waals surface area contributed by atoms with Gasteiger partial charge in [0.15, 0.2) is 4.73 Å². The van der Waals surface area contributed by atoms with E-state index in [1.165, 1.54) is 6.92 Å². The molecule has 0 saturated carbocycles. The Morgan fingerprint density at radius 2 is 1.92 bits per heavy atom. The smallest absolute Gasteiger partial charge is 0.228 e. The van der Waals surface area contributed by atoms with Gasteiger partial charge in [0.1, 0.15) is 5.69 Å². The van der Waals surface area contributed by atoms with Crippen LogP contribution in [0.15, 0.2) is 10.8 Å². The van der Waals surface area contributed by atoms with E-state index in [9.17, 15) is 13.2 Å². The second-order valence-electron chi connectivity index (χ2n) is 2.16. The number of aromatic nitrogens is 2. The number of halogens is 4. The summed E-state index contributed by atoms with van der Waals surface area (Å²) < 4.78 is 36.1. The Morgan fingerprint density at radius 1 is 1.33 bits per heavy atom. The second kappa shape index (κ2) is 3.01. The largest absolute Gasteiger partial charge is 0.433 e. The summed E-state index contributed by atoms with van der Waals surface area (Å²) in [6.07, 6.45) is -4.41. The topological polar surface area (TPSA) is 25.8 Å². The minimum atomic E-state index is -4.41. The first-order valence-electron chi connectivity index (χ1n) is 2.98. The number of aryl methyl sites for hydroxylation is 1. The van der Waals surface area contributed by atoms with Crippen molar-refractivity contribution in [2.24, 2.45) is 0 Å². The molecule has 0 saturated heterocycles. The monoisotopic (exact) mass is 240 g/mol. The van der Waals surface area contributed by atoms with Crippen LogP contribution in [-0.4, -0.2) is 9.97 Å². The summed E-state index contributed by atoms with van der Waals surface area (Å²) in [6, 6.07) is 0.894. The highest BCUT2D eigenvalue weighted by Crippen LogP contribution is 2.28. The Balaban J connectivity index is 3.18. The molecule has 0 radical (unpaired) electrons. The maximum atomic E-state index is 12.0. The highest BCUT2D eigenvalue weighted by Gasteiger charge is 2.33. The van der Waals surface area contributed by atoms with Crippen LogP contribution >= 0.6 is 15.9 Å². The van der Waals surface area contributed by atoms with Crippen molar-refractivity contribution in [1.82, 2.24) is 9.97 Å². The molecule has 0 aromatic carbocycles. The van der Waals surface area contributed by atoms with Crippen molar-refractivity contribution in [3.8, 4) is 0 Å². The molecule has 0 aliphatic heterocycles. The van der Waals surface area contributed by atoms with Crippen LogP contribution in [0.2, 0.25) is 0 Å². The summed E-state index contributed by atoms with van der Waals surface area (Å²) in [6.45, 7) is 1.47. The third kappa shape index (κ3) is 2.17. The quantitative estimate of drug-likeness (QED) is 0.652. The van der Waals surface area contributed by atoms with Crippen LogP contribution in [0.1, 0.15) is 11.4 Å². The van der Waals surface area contributed by atoms with Gasteiger partial charge in [-0.1, -0.05) is 0 Å². The number of nitrogens with zero attached hydrogens (tertiary/aromatic N) is 2. The zero-order chi connectivity index (χ0) is 9.35. The van der Waals surface area contributed by atoms with Gasteiger partial charge >= 0.3 is 6.18 Å². The van der Waals surface area contributed by atoms with Gasteiger partial charge in [-0.05, 0) is 28.9 Å². The van der Waals surface area contributed by atoms with E-state index < -0.39 is 11.9 Å². The van der Waals surface area contributed by atoms with Gasteiger partial charge in [-0.2, -0.15) is 13.2 Å². The van der Waals surface area contributed by atoms with Crippen molar-refractivity contribution >= 4 is 15.9 Å². The molecule has 0 unspecified atom stereocenters. The third-order valence-corrected chi connectivity index (χ3v) is 1.47. The minimum absolute atomic E-state index is 0.0465. The van der Waals surface area contributed by atoms with Crippen LogP contribution in [0.25, 0.3) is 0 Å². The summed E-state index contributed by atoms with van der Waals surface area (Å²) in [5.41, 5.74) is -0.647. The van der Waals surface area contributed by atoms with E-state index in [4.69, 9.17) is 0 Å². The molecule has 0 aliphatic rings. The average Bonchev–Trinajstić information content (AvgIpc) is 1.82. The second-order valence-corrected chi connectivity index (χ2v) is 2.87. The van der Waals surface area contributed by atoms with Crippen molar-refractivity contribution in [3.05, 3.63) is 22.2 Å². The molecule has 0 fully saturated rings. The number of alkyl halides is 3. The predicted molar refractivity (Wildman–Crippen MR) is 39.5 cm³/mol. The average molecular weight is 241 g/mol. The van der Waals surface area contributed by atoms with Gasteiger partial charge in [-0.25, -0.2) is 9.97 Å². The van der Waals surface area contributed by atoms with E-state index in [1.807, 2.05) is 0 Å². The van der Waals surface area contributed by atoms with Gasteiger partial charge in [-0.3, -0.25) is 0 Å². The summed E-state index contributed by atoms with van der Waals surface area (Å²) in [7, 11) is 0. The maximum Gasteiger partial charge on any atom is 0.433 e. The Bertz CT molecular complexity index is 277. The van der Waals surface area contributed by atoms with Crippen LogP contribution in [0.4, 0.5) is 13.2 Å². The molecule has 66 valence electrons. The van der Waals surface area contributed by atoms with E-state index in [0.717, 1.165) is 6.07 Å². The van der Waals surface area contributed by atoms with E-state index in [0.29, 0.717) is 0 Å². The standard InChI is InChI=1S/C6H4BrF3N2/c1-3-2-4(6(8,9)10)12-5(7)11-3/h2H,1H3. The SMILES string of the molecule is Cc1cc(C(F)(F)F)nc(Br)n1. The van der Waals surface area contributed by atoms with Crippen LogP contribution in [-0.2, 0) is 6.18 Å². The molecule has 0 atom stereocenters. The molecule has 1 aromatic heterocycles. The Hall–Kier alpha value is -0.650. The number of hydrogen-bond donors (Lipinski definition) is 0. The molecule has 1 heterocycles. The molecule has 0 amide bonds. The predicted octanol–water partition coefficient (Wildman–Crippen LogP) is 2.57. The van der Waals surface area contributed by atoms with E-state index >= 15 is 0 Å². The summed E-state index contributed by atoms with van der Waals surface area (Å²) >= 11 is 2.78. The Morgan fingerprint density at radius 3 is 2.33 bits per heavy atom. The normalized spacial score (nSPS) is 11.8. The maximum absolute atomic E-state index is 12.0. The fraction of sp³-hybridized carbons (Fsp3) is 0.333. The third-order valence-electron chi connectivity index (χ3n) is 1.12. The molecule has 0 spiro atoms. The highest BCUT2D eigenvalue weighted by atomic mass is 79.9. The fourth-order valence-electron chi connectivity index (χ4n) is 0.678. The highest BCUT2D eigenvalue weighted by molar-refractivity contribution is 9.10. The first kappa shape index (κ1) is 9.44. The van der Waals surface area contributed by atoms with E-state index in [1.54, 1.807) is 0 Å². The zero-order valence-corrected chi connectivity index (χ0v) is 7.57. The first-order chi connectivity index (χ1) is 5.39. The lowest BCUT2D eigenvalue weighted by Crippen LogP contribution is -2.09. The van der Waals surface area contributed by atoms with Crippen molar-refractivity contribution in [3.63, 3.8) is 0 Å². The van der Waals surface area contributed by atoms with Gasteiger partial charge in [0.05, 0.1) is 0 Å². The lowest BCUT2D eigenvalue weighted by Gasteiger charge is -2.05. The molecule has 6 heteroatoms. The molecular weight excluding hydrogens is 237 g/mol. The molecule has 0 aliphatic carbocycles. The van der Waals surface area contributed by atoms with Gasteiger partial charge in [0, 0.05) is 5.69 Å². The summed E-state index contributed by atoms with van der Waals surface area (Å²) in [4.78, 5) is 6.84. The lowest BCUT2D eigenvalue weighted by molar-refractivity contribution is -0.141. The van der Waals surface area contributed by atoms with E-state index in [-0.39, 0.29) is 10.4 Å². The van der Waals surface area contributed by atoms with Crippen molar-refractivity contribution in [2.75, 3.05) is 0 Å². The van der Waals surface area contributed by atoms with Crippen LogP contribution in [0.3, 0.4) is 0 Å². The fourth-order valence-corrected chi connectivity index (χ4v) is 1.15. The van der Waals surface area contributed by atoms with Gasteiger partial charge in [-0.15, -0.1) is 0 Å². The molecule has 1 rings (SSSR count). The van der Waals surface area contributed by atoms with Gasteiger partial charge < -0.3 is 0 Å².